The first kappa shape index (κ1) is 16.4. The lowest BCUT2D eigenvalue weighted by Crippen LogP contribution is -2.12. The predicted molar refractivity (Wildman–Crippen MR) is 101 cm³/mol. The Labute approximate surface area is 158 Å². The third-order valence-electron chi connectivity index (χ3n) is 4.70. The van der Waals surface area contributed by atoms with Gasteiger partial charge in [-0.1, -0.05) is 5.21 Å². The second kappa shape index (κ2) is 6.15. The van der Waals surface area contributed by atoms with Gasteiger partial charge in [-0.3, -0.25) is 4.68 Å². The molecule has 138 valence electrons. The van der Waals surface area contributed by atoms with E-state index in [0.29, 0.717) is 16.8 Å². The molecule has 0 aliphatic heterocycles. The van der Waals surface area contributed by atoms with Gasteiger partial charge < -0.3 is 0 Å². The van der Waals surface area contributed by atoms with Gasteiger partial charge in [-0.05, 0) is 25.1 Å². The number of hydrogen-bond donors (Lipinski definition) is 0. The molecule has 9 heteroatoms. The second-order valence-electron chi connectivity index (χ2n) is 6.57. The normalized spacial score (nSPS) is 12.7. The molecule has 1 aromatic carbocycles. The average Bonchev–Trinajstić information content (AvgIpc) is 3.32. The lowest BCUT2D eigenvalue weighted by molar-refractivity contribution is 0.546. The van der Waals surface area contributed by atoms with Crippen molar-refractivity contribution < 1.29 is 4.39 Å². The lowest BCUT2D eigenvalue weighted by atomic mass is 10.0. The molecule has 5 rings (SSSR count). The van der Waals surface area contributed by atoms with E-state index >= 15 is 0 Å². The highest BCUT2D eigenvalue weighted by Gasteiger charge is 2.21. The molecule has 0 radical (unpaired) electrons. The number of aromatic nitrogens is 8. The fourth-order valence-corrected chi connectivity index (χ4v) is 3.33. The van der Waals surface area contributed by atoms with Crippen molar-refractivity contribution in [3.63, 3.8) is 0 Å². The summed E-state index contributed by atoms with van der Waals surface area (Å²) < 4.78 is 17.2. The summed E-state index contributed by atoms with van der Waals surface area (Å²) >= 11 is 0. The Balaban J connectivity index is 1.76. The average molecular weight is 374 g/mol. The summed E-state index contributed by atoms with van der Waals surface area (Å²) in [6.07, 6.45) is 6.87. The zero-order valence-electron chi connectivity index (χ0n) is 15.2. The number of rotatable bonds is 3. The molecule has 1 unspecified atom stereocenters. The van der Waals surface area contributed by atoms with Crippen LogP contribution in [0.25, 0.3) is 33.3 Å². The van der Waals surface area contributed by atoms with Gasteiger partial charge in [0.15, 0.2) is 5.65 Å². The SMILES string of the molecule is CC(c1nc2cc(F)ccc2cc1-c1cnn(C)c1)n1nnc2nccnc21. The Kier molecular flexibility index (Phi) is 3.61. The third-order valence-corrected chi connectivity index (χ3v) is 4.70. The number of pyridine rings is 1. The van der Waals surface area contributed by atoms with Crippen molar-refractivity contribution in [2.45, 2.75) is 13.0 Å². The summed E-state index contributed by atoms with van der Waals surface area (Å²) in [4.78, 5) is 13.3. The molecule has 4 aromatic heterocycles. The molecule has 0 N–H and O–H groups in total. The minimum Gasteiger partial charge on any atom is -0.275 e. The van der Waals surface area contributed by atoms with Crippen LogP contribution in [0.5, 0.6) is 0 Å². The monoisotopic (exact) mass is 374 g/mol. The molecule has 0 saturated carbocycles. The standard InChI is InChI=1S/C19H15FN8/c1-11(28-19-18(25-26-28)21-5-6-22-19)17-15(13-9-23-27(2)10-13)7-12-3-4-14(20)8-16(12)24-17/h3-11H,1-2H3. The highest BCUT2D eigenvalue weighted by molar-refractivity contribution is 5.85. The van der Waals surface area contributed by atoms with Crippen LogP contribution in [0, 0.1) is 5.82 Å². The molecule has 0 bridgehead atoms. The van der Waals surface area contributed by atoms with Gasteiger partial charge in [0, 0.05) is 48.2 Å². The second-order valence-corrected chi connectivity index (χ2v) is 6.57. The fraction of sp³-hybridized carbons (Fsp3) is 0.158. The minimum atomic E-state index is -0.329. The van der Waals surface area contributed by atoms with Crippen molar-refractivity contribution in [3.05, 3.63) is 60.6 Å². The Morgan fingerprint density at radius 1 is 1.11 bits per heavy atom. The predicted octanol–water partition coefficient (Wildman–Crippen LogP) is 2.92. The van der Waals surface area contributed by atoms with Gasteiger partial charge in [0.05, 0.1) is 23.4 Å². The first-order valence-corrected chi connectivity index (χ1v) is 8.71. The number of aryl methyl sites for hydroxylation is 1. The summed E-state index contributed by atoms with van der Waals surface area (Å²) in [5.74, 6) is -0.329. The van der Waals surface area contributed by atoms with Gasteiger partial charge >= 0.3 is 0 Å². The van der Waals surface area contributed by atoms with E-state index in [0.717, 1.165) is 22.2 Å². The maximum Gasteiger partial charge on any atom is 0.221 e. The first-order valence-electron chi connectivity index (χ1n) is 8.71. The molecule has 0 fully saturated rings. The maximum atomic E-state index is 13.8. The van der Waals surface area contributed by atoms with Crippen molar-refractivity contribution in [2.24, 2.45) is 7.05 Å². The van der Waals surface area contributed by atoms with Crippen molar-refractivity contribution in [2.75, 3.05) is 0 Å². The Hall–Kier alpha value is -3.75. The molecular weight excluding hydrogens is 359 g/mol. The molecule has 0 spiro atoms. The smallest absolute Gasteiger partial charge is 0.221 e. The molecule has 0 aliphatic carbocycles. The Bertz CT molecular complexity index is 1320. The van der Waals surface area contributed by atoms with Gasteiger partial charge in [-0.25, -0.2) is 24.0 Å². The van der Waals surface area contributed by atoms with Crippen molar-refractivity contribution in [3.8, 4) is 11.1 Å². The van der Waals surface area contributed by atoms with E-state index in [-0.39, 0.29) is 11.9 Å². The molecule has 5 aromatic rings. The van der Waals surface area contributed by atoms with E-state index in [2.05, 4.69) is 25.4 Å². The van der Waals surface area contributed by atoms with Crippen molar-refractivity contribution in [1.82, 2.24) is 39.7 Å². The first-order chi connectivity index (χ1) is 13.6. The molecular formula is C19H15FN8. The van der Waals surface area contributed by atoms with Crippen molar-refractivity contribution >= 4 is 22.2 Å². The molecule has 0 aliphatic rings. The third kappa shape index (κ3) is 2.59. The van der Waals surface area contributed by atoms with E-state index in [9.17, 15) is 4.39 Å². The van der Waals surface area contributed by atoms with Crippen LogP contribution in [-0.2, 0) is 7.05 Å². The van der Waals surface area contributed by atoms with Gasteiger partial charge in [0.25, 0.3) is 0 Å². The van der Waals surface area contributed by atoms with Crippen LogP contribution in [0.3, 0.4) is 0 Å². The molecule has 1 atom stereocenters. The highest BCUT2D eigenvalue weighted by Crippen LogP contribution is 2.32. The van der Waals surface area contributed by atoms with E-state index in [4.69, 9.17) is 4.98 Å². The van der Waals surface area contributed by atoms with Crippen LogP contribution in [-0.4, -0.2) is 39.7 Å². The number of hydrogen-bond acceptors (Lipinski definition) is 6. The summed E-state index contributed by atoms with van der Waals surface area (Å²) in [6, 6.07) is 6.28. The summed E-state index contributed by atoms with van der Waals surface area (Å²) in [5, 5.41) is 13.4. The van der Waals surface area contributed by atoms with Crippen LogP contribution in [0.4, 0.5) is 4.39 Å². The lowest BCUT2D eigenvalue weighted by Gasteiger charge is -2.16. The number of halogens is 1. The van der Waals surface area contributed by atoms with Crippen LogP contribution in [0.15, 0.2) is 49.1 Å². The van der Waals surface area contributed by atoms with E-state index < -0.39 is 0 Å². The Morgan fingerprint density at radius 3 is 2.79 bits per heavy atom. The molecule has 28 heavy (non-hydrogen) atoms. The number of fused-ring (bicyclic) bond motifs is 2. The number of nitrogens with zero attached hydrogens (tertiary/aromatic N) is 8. The zero-order valence-corrected chi connectivity index (χ0v) is 15.2. The van der Waals surface area contributed by atoms with Gasteiger partial charge in [0.1, 0.15) is 5.82 Å². The summed E-state index contributed by atoms with van der Waals surface area (Å²) in [5.41, 5.74) is 4.14. The van der Waals surface area contributed by atoms with E-state index in [1.54, 1.807) is 34.0 Å². The van der Waals surface area contributed by atoms with Crippen LogP contribution >= 0.6 is 0 Å². The van der Waals surface area contributed by atoms with E-state index in [1.165, 1.54) is 12.1 Å². The molecule has 4 heterocycles. The van der Waals surface area contributed by atoms with Crippen LogP contribution < -0.4 is 0 Å². The number of benzene rings is 1. The maximum absolute atomic E-state index is 13.8. The molecule has 8 nitrogen and oxygen atoms in total. The molecule has 0 saturated heterocycles. The quantitative estimate of drug-likeness (QED) is 0.483. The van der Waals surface area contributed by atoms with Gasteiger partial charge in [0.2, 0.25) is 5.65 Å². The minimum absolute atomic E-state index is 0.301. The van der Waals surface area contributed by atoms with Crippen LogP contribution in [0.2, 0.25) is 0 Å². The Morgan fingerprint density at radius 2 is 1.96 bits per heavy atom. The summed E-state index contributed by atoms with van der Waals surface area (Å²) in [6.45, 7) is 1.95. The van der Waals surface area contributed by atoms with Gasteiger partial charge in [-0.2, -0.15) is 5.10 Å². The topological polar surface area (TPSA) is 87.2 Å². The zero-order chi connectivity index (χ0) is 19.3. The highest BCUT2D eigenvalue weighted by atomic mass is 19.1. The van der Waals surface area contributed by atoms with Crippen molar-refractivity contribution in [1.29, 1.82) is 0 Å². The molecule has 0 amide bonds. The van der Waals surface area contributed by atoms with Gasteiger partial charge in [-0.15, -0.1) is 5.10 Å². The fourth-order valence-electron chi connectivity index (χ4n) is 3.33. The van der Waals surface area contributed by atoms with Crippen LogP contribution in [0.1, 0.15) is 18.7 Å². The largest absolute Gasteiger partial charge is 0.275 e. The van der Waals surface area contributed by atoms with E-state index in [1.807, 2.05) is 26.2 Å². The summed E-state index contributed by atoms with van der Waals surface area (Å²) in [7, 11) is 1.86.